The highest BCUT2D eigenvalue weighted by molar-refractivity contribution is 5.89. The van der Waals surface area contributed by atoms with Crippen LogP contribution >= 0.6 is 0 Å². The van der Waals surface area contributed by atoms with Crippen LogP contribution in [-0.4, -0.2) is 51.5 Å². The molecule has 1 amide bonds. The molecule has 1 aliphatic rings. The minimum absolute atomic E-state index is 0.00891. The van der Waals surface area contributed by atoms with Crippen LogP contribution < -0.4 is 15.4 Å². The third kappa shape index (κ3) is 5.76. The number of carbonyl (C=O) groups is 3. The van der Waals surface area contributed by atoms with Crippen molar-refractivity contribution in [1.82, 2.24) is 0 Å². The standard InChI is InChI=1S/C23H26N2O7/c1-29-21(26)10-16-5-8-19(9-17(16)11-22(27)30-2)31-14-20-13-25(23(28)32-20)18-6-3-15(12-24)4-7-18/h3-9,20H,10-14,24H2,1-2H3. The van der Waals surface area contributed by atoms with E-state index in [1.54, 1.807) is 18.2 Å². The summed E-state index contributed by atoms with van der Waals surface area (Å²) < 4.78 is 20.7. The summed E-state index contributed by atoms with van der Waals surface area (Å²) >= 11 is 0. The lowest BCUT2D eigenvalue weighted by molar-refractivity contribution is -0.141. The molecule has 170 valence electrons. The van der Waals surface area contributed by atoms with Crippen molar-refractivity contribution in [1.29, 1.82) is 0 Å². The number of carbonyl (C=O) groups excluding carboxylic acids is 3. The van der Waals surface area contributed by atoms with E-state index in [9.17, 15) is 14.4 Å². The van der Waals surface area contributed by atoms with Crippen molar-refractivity contribution >= 4 is 23.7 Å². The first-order valence-corrected chi connectivity index (χ1v) is 10.1. The van der Waals surface area contributed by atoms with Crippen LogP contribution in [0.25, 0.3) is 0 Å². The Morgan fingerprint density at radius 1 is 1.03 bits per heavy atom. The Balaban J connectivity index is 1.65. The number of esters is 2. The van der Waals surface area contributed by atoms with Crippen molar-refractivity contribution in [3.8, 4) is 5.75 Å². The summed E-state index contributed by atoms with van der Waals surface area (Å²) in [6.07, 6.45) is -0.888. The van der Waals surface area contributed by atoms with Gasteiger partial charge in [-0.1, -0.05) is 18.2 Å². The van der Waals surface area contributed by atoms with Crippen LogP contribution in [0, 0.1) is 0 Å². The van der Waals surface area contributed by atoms with Gasteiger partial charge in [-0.2, -0.15) is 0 Å². The van der Waals surface area contributed by atoms with Gasteiger partial charge in [-0.15, -0.1) is 0 Å². The number of rotatable bonds is 9. The van der Waals surface area contributed by atoms with Crippen LogP contribution in [-0.2, 0) is 43.2 Å². The van der Waals surface area contributed by atoms with E-state index in [4.69, 9.17) is 24.7 Å². The number of ether oxygens (including phenoxy) is 4. The highest BCUT2D eigenvalue weighted by atomic mass is 16.6. The zero-order valence-electron chi connectivity index (χ0n) is 18.0. The SMILES string of the molecule is COC(=O)Cc1ccc(OCC2CN(c3ccc(CN)cc3)C(=O)O2)cc1CC(=O)OC. The maximum atomic E-state index is 12.3. The molecule has 32 heavy (non-hydrogen) atoms. The van der Waals surface area contributed by atoms with Crippen LogP contribution in [0.3, 0.4) is 0 Å². The van der Waals surface area contributed by atoms with E-state index in [-0.39, 0.29) is 19.4 Å². The van der Waals surface area contributed by atoms with Gasteiger partial charge in [0.25, 0.3) is 0 Å². The van der Waals surface area contributed by atoms with Gasteiger partial charge in [-0.3, -0.25) is 14.5 Å². The lowest BCUT2D eigenvalue weighted by Gasteiger charge is -2.15. The zero-order chi connectivity index (χ0) is 23.1. The number of nitrogens with two attached hydrogens (primary N) is 1. The van der Waals surface area contributed by atoms with Crippen LogP contribution in [0.15, 0.2) is 42.5 Å². The van der Waals surface area contributed by atoms with Crippen LogP contribution in [0.5, 0.6) is 5.75 Å². The van der Waals surface area contributed by atoms with Gasteiger partial charge in [0, 0.05) is 12.2 Å². The second kappa shape index (κ2) is 10.6. The Morgan fingerprint density at radius 3 is 2.31 bits per heavy atom. The summed E-state index contributed by atoms with van der Waals surface area (Å²) in [5, 5.41) is 0. The van der Waals surface area contributed by atoms with Crippen molar-refractivity contribution < 1.29 is 33.3 Å². The molecule has 1 fully saturated rings. The Hall–Kier alpha value is -3.59. The molecule has 2 N–H and O–H groups in total. The van der Waals surface area contributed by atoms with Crippen molar-refractivity contribution in [2.45, 2.75) is 25.5 Å². The fourth-order valence-corrected chi connectivity index (χ4v) is 3.30. The molecule has 0 aromatic heterocycles. The summed E-state index contributed by atoms with van der Waals surface area (Å²) in [6, 6.07) is 12.5. The molecule has 9 heteroatoms. The highest BCUT2D eigenvalue weighted by Crippen LogP contribution is 2.24. The monoisotopic (exact) mass is 442 g/mol. The van der Waals surface area contributed by atoms with Gasteiger partial charge in [0.1, 0.15) is 12.4 Å². The Kier molecular flexibility index (Phi) is 7.67. The van der Waals surface area contributed by atoms with Gasteiger partial charge < -0.3 is 24.7 Å². The van der Waals surface area contributed by atoms with Crippen molar-refractivity contribution in [3.05, 3.63) is 59.2 Å². The maximum Gasteiger partial charge on any atom is 0.414 e. The number of cyclic esters (lactones) is 1. The van der Waals surface area contributed by atoms with E-state index in [0.717, 1.165) is 11.3 Å². The molecule has 1 aliphatic heterocycles. The van der Waals surface area contributed by atoms with Crippen LogP contribution in [0.4, 0.5) is 10.5 Å². The molecule has 1 atom stereocenters. The van der Waals surface area contributed by atoms with Crippen molar-refractivity contribution in [3.63, 3.8) is 0 Å². The van der Waals surface area contributed by atoms with E-state index in [1.807, 2.05) is 24.3 Å². The van der Waals surface area contributed by atoms with Gasteiger partial charge in [0.15, 0.2) is 6.10 Å². The lowest BCUT2D eigenvalue weighted by atomic mass is 10.0. The smallest absolute Gasteiger partial charge is 0.414 e. The molecule has 2 aromatic rings. The third-order valence-electron chi connectivity index (χ3n) is 5.10. The maximum absolute atomic E-state index is 12.3. The van der Waals surface area contributed by atoms with E-state index in [2.05, 4.69) is 0 Å². The minimum Gasteiger partial charge on any atom is -0.490 e. The molecular formula is C23H26N2O7. The number of anilines is 1. The topological polar surface area (TPSA) is 117 Å². The van der Waals surface area contributed by atoms with E-state index in [1.165, 1.54) is 19.1 Å². The molecule has 9 nitrogen and oxygen atoms in total. The molecule has 3 rings (SSSR count). The molecular weight excluding hydrogens is 416 g/mol. The molecule has 0 spiro atoms. The molecule has 0 saturated carbocycles. The fourth-order valence-electron chi connectivity index (χ4n) is 3.30. The third-order valence-corrected chi connectivity index (χ3v) is 5.10. The number of nitrogens with zero attached hydrogens (tertiary/aromatic N) is 1. The van der Waals surface area contributed by atoms with Crippen LogP contribution in [0.2, 0.25) is 0 Å². The fraction of sp³-hybridized carbons (Fsp3) is 0.348. The summed E-state index contributed by atoms with van der Waals surface area (Å²) in [6.45, 7) is 0.908. The molecule has 0 radical (unpaired) electrons. The summed E-state index contributed by atoms with van der Waals surface area (Å²) in [4.78, 5) is 37.2. The van der Waals surface area contributed by atoms with Crippen molar-refractivity contribution in [2.75, 3.05) is 32.3 Å². The largest absolute Gasteiger partial charge is 0.490 e. The molecule has 1 heterocycles. The quantitative estimate of drug-likeness (QED) is 0.463. The molecule has 1 unspecified atom stereocenters. The Bertz CT molecular complexity index is 975. The molecule has 1 saturated heterocycles. The van der Waals surface area contributed by atoms with Gasteiger partial charge >= 0.3 is 18.0 Å². The van der Waals surface area contributed by atoms with Gasteiger partial charge in [0.05, 0.1) is 33.6 Å². The first kappa shape index (κ1) is 23.1. The van der Waals surface area contributed by atoms with E-state index >= 15 is 0 Å². The normalized spacial score (nSPS) is 15.3. The number of methoxy groups -OCH3 is 2. The second-order valence-electron chi connectivity index (χ2n) is 7.23. The number of hydrogen-bond donors (Lipinski definition) is 1. The van der Waals surface area contributed by atoms with Crippen LogP contribution in [0.1, 0.15) is 16.7 Å². The predicted molar refractivity (Wildman–Crippen MR) is 115 cm³/mol. The summed E-state index contributed by atoms with van der Waals surface area (Å²) in [7, 11) is 2.60. The number of hydrogen-bond acceptors (Lipinski definition) is 8. The first-order chi connectivity index (χ1) is 15.4. The number of amides is 1. The van der Waals surface area contributed by atoms with Gasteiger partial charge in [-0.25, -0.2) is 4.79 Å². The van der Waals surface area contributed by atoms with E-state index in [0.29, 0.717) is 30.0 Å². The number of benzene rings is 2. The summed E-state index contributed by atoms with van der Waals surface area (Å²) in [5.74, 6) is -0.365. The lowest BCUT2D eigenvalue weighted by Crippen LogP contribution is -2.26. The molecule has 0 aliphatic carbocycles. The average molecular weight is 442 g/mol. The predicted octanol–water partition coefficient (Wildman–Crippen LogP) is 1.98. The molecule has 0 bridgehead atoms. The molecule has 2 aromatic carbocycles. The van der Waals surface area contributed by atoms with Gasteiger partial charge in [-0.05, 0) is 41.0 Å². The Labute approximate surface area is 186 Å². The van der Waals surface area contributed by atoms with Crippen molar-refractivity contribution in [2.24, 2.45) is 5.73 Å². The second-order valence-corrected chi connectivity index (χ2v) is 7.23. The summed E-state index contributed by atoms with van der Waals surface area (Å²) in [5.41, 5.74) is 8.56. The average Bonchev–Trinajstić information content (AvgIpc) is 3.19. The zero-order valence-corrected chi connectivity index (χ0v) is 18.0. The first-order valence-electron chi connectivity index (χ1n) is 10.1. The Morgan fingerprint density at radius 2 is 1.69 bits per heavy atom. The van der Waals surface area contributed by atoms with E-state index < -0.39 is 24.1 Å². The van der Waals surface area contributed by atoms with Gasteiger partial charge in [0.2, 0.25) is 0 Å². The highest BCUT2D eigenvalue weighted by Gasteiger charge is 2.32. The minimum atomic E-state index is -0.463.